The molecule has 12 heavy (non-hydrogen) atoms. The summed E-state index contributed by atoms with van der Waals surface area (Å²) >= 11 is 0. The second-order valence-electron chi connectivity index (χ2n) is 3.60. The molecule has 1 fully saturated rings. The minimum Gasteiger partial charge on any atom is -0.369 e. The van der Waals surface area contributed by atoms with Gasteiger partial charge < -0.3 is 10.6 Å². The SMILES string of the molecule is CCN1CCC(C(N)=O)CC1C. The van der Waals surface area contributed by atoms with Crippen molar-refractivity contribution in [3.05, 3.63) is 0 Å². The molecule has 0 spiro atoms. The average Bonchev–Trinajstić information content (AvgIpc) is 2.04. The molecule has 2 atom stereocenters. The molecule has 0 saturated carbocycles. The van der Waals surface area contributed by atoms with E-state index in [2.05, 4.69) is 18.7 Å². The van der Waals surface area contributed by atoms with Crippen LogP contribution in [-0.2, 0) is 4.79 Å². The topological polar surface area (TPSA) is 46.3 Å². The van der Waals surface area contributed by atoms with Gasteiger partial charge in [0.05, 0.1) is 0 Å². The Labute approximate surface area is 73.9 Å². The van der Waals surface area contributed by atoms with Crippen LogP contribution in [0, 0.1) is 5.92 Å². The number of hydrogen-bond donors (Lipinski definition) is 1. The third-order valence-corrected chi connectivity index (χ3v) is 2.82. The minimum absolute atomic E-state index is 0.114. The van der Waals surface area contributed by atoms with Gasteiger partial charge in [0.25, 0.3) is 0 Å². The Bertz CT molecular complexity index is 170. The number of nitrogens with zero attached hydrogens (tertiary/aromatic N) is 1. The molecule has 1 rings (SSSR count). The Hall–Kier alpha value is -0.570. The first-order chi connectivity index (χ1) is 5.65. The van der Waals surface area contributed by atoms with Gasteiger partial charge in [-0.05, 0) is 32.9 Å². The molecule has 1 aliphatic rings. The second-order valence-corrected chi connectivity index (χ2v) is 3.60. The van der Waals surface area contributed by atoms with Crippen molar-refractivity contribution in [2.24, 2.45) is 11.7 Å². The van der Waals surface area contributed by atoms with Crippen LogP contribution >= 0.6 is 0 Å². The van der Waals surface area contributed by atoms with E-state index in [9.17, 15) is 4.79 Å². The maximum atomic E-state index is 10.9. The highest BCUT2D eigenvalue weighted by Crippen LogP contribution is 2.21. The zero-order valence-electron chi connectivity index (χ0n) is 7.92. The number of likely N-dealkylation sites (tertiary alicyclic amines) is 1. The van der Waals surface area contributed by atoms with Gasteiger partial charge in [-0.1, -0.05) is 6.92 Å². The number of piperidine rings is 1. The Kier molecular flexibility index (Phi) is 3.09. The highest BCUT2D eigenvalue weighted by Gasteiger charge is 2.27. The summed E-state index contributed by atoms with van der Waals surface area (Å²) in [5.41, 5.74) is 5.26. The number of carbonyl (C=O) groups is 1. The van der Waals surface area contributed by atoms with Gasteiger partial charge in [0, 0.05) is 12.0 Å². The highest BCUT2D eigenvalue weighted by atomic mass is 16.1. The summed E-state index contributed by atoms with van der Waals surface area (Å²) in [5, 5.41) is 0. The third kappa shape index (κ3) is 1.97. The summed E-state index contributed by atoms with van der Waals surface area (Å²) in [7, 11) is 0. The van der Waals surface area contributed by atoms with E-state index < -0.39 is 0 Å². The van der Waals surface area contributed by atoms with E-state index in [1.807, 2.05) is 0 Å². The van der Waals surface area contributed by atoms with E-state index in [1.54, 1.807) is 0 Å². The van der Waals surface area contributed by atoms with Gasteiger partial charge in [-0.15, -0.1) is 0 Å². The summed E-state index contributed by atoms with van der Waals surface area (Å²) in [6.07, 6.45) is 1.87. The molecule has 1 amide bonds. The standard InChI is InChI=1S/C9H18N2O/c1-3-11-5-4-8(9(10)12)6-7(11)2/h7-8H,3-6H2,1-2H3,(H2,10,12). The summed E-state index contributed by atoms with van der Waals surface area (Å²) in [6, 6.07) is 0.515. The molecular formula is C9H18N2O. The molecule has 0 radical (unpaired) electrons. The van der Waals surface area contributed by atoms with Crippen LogP contribution in [-0.4, -0.2) is 29.9 Å². The summed E-state index contributed by atoms with van der Waals surface area (Å²) in [4.78, 5) is 13.3. The second kappa shape index (κ2) is 3.90. The lowest BCUT2D eigenvalue weighted by atomic mass is 9.91. The fraction of sp³-hybridized carbons (Fsp3) is 0.889. The van der Waals surface area contributed by atoms with Crippen LogP contribution in [0.15, 0.2) is 0 Å². The number of amides is 1. The van der Waals surface area contributed by atoms with Gasteiger partial charge in [0.1, 0.15) is 0 Å². The molecule has 2 N–H and O–H groups in total. The zero-order chi connectivity index (χ0) is 9.14. The fourth-order valence-corrected chi connectivity index (χ4v) is 1.95. The maximum Gasteiger partial charge on any atom is 0.220 e. The third-order valence-electron chi connectivity index (χ3n) is 2.82. The lowest BCUT2D eigenvalue weighted by Gasteiger charge is -2.35. The zero-order valence-corrected chi connectivity index (χ0v) is 7.92. The highest BCUT2D eigenvalue weighted by molar-refractivity contribution is 5.76. The summed E-state index contributed by atoms with van der Waals surface area (Å²) < 4.78 is 0. The molecule has 70 valence electrons. The number of primary amides is 1. The van der Waals surface area contributed by atoms with Crippen molar-refractivity contribution in [2.75, 3.05) is 13.1 Å². The lowest BCUT2D eigenvalue weighted by molar-refractivity contribution is -0.123. The molecule has 0 bridgehead atoms. The molecule has 1 aliphatic heterocycles. The van der Waals surface area contributed by atoms with Gasteiger partial charge in [-0.2, -0.15) is 0 Å². The van der Waals surface area contributed by atoms with Crippen molar-refractivity contribution in [1.82, 2.24) is 4.90 Å². The first-order valence-corrected chi connectivity index (χ1v) is 4.68. The predicted octanol–water partition coefficient (Wildman–Crippen LogP) is 0.592. The molecule has 0 aromatic rings. The molecule has 3 nitrogen and oxygen atoms in total. The first kappa shape index (κ1) is 9.52. The van der Waals surface area contributed by atoms with E-state index in [-0.39, 0.29) is 11.8 Å². The van der Waals surface area contributed by atoms with Crippen molar-refractivity contribution < 1.29 is 4.79 Å². The molecule has 0 aliphatic carbocycles. The number of hydrogen-bond acceptors (Lipinski definition) is 2. The number of carbonyl (C=O) groups excluding carboxylic acids is 1. The summed E-state index contributed by atoms with van der Waals surface area (Å²) in [5.74, 6) is -0.0135. The van der Waals surface area contributed by atoms with Crippen molar-refractivity contribution >= 4 is 5.91 Å². The van der Waals surface area contributed by atoms with E-state index in [4.69, 9.17) is 5.73 Å². The Morgan fingerprint density at radius 1 is 1.67 bits per heavy atom. The molecule has 1 saturated heterocycles. The lowest BCUT2D eigenvalue weighted by Crippen LogP contribution is -2.43. The predicted molar refractivity (Wildman–Crippen MR) is 48.6 cm³/mol. The smallest absolute Gasteiger partial charge is 0.220 e. The Morgan fingerprint density at radius 3 is 2.75 bits per heavy atom. The van der Waals surface area contributed by atoms with Gasteiger partial charge >= 0.3 is 0 Å². The molecule has 1 heterocycles. The first-order valence-electron chi connectivity index (χ1n) is 4.68. The molecule has 3 heteroatoms. The van der Waals surface area contributed by atoms with E-state index in [0.717, 1.165) is 25.9 Å². The van der Waals surface area contributed by atoms with Crippen LogP contribution in [0.5, 0.6) is 0 Å². The van der Waals surface area contributed by atoms with E-state index in [0.29, 0.717) is 6.04 Å². The van der Waals surface area contributed by atoms with Crippen LogP contribution in [0.4, 0.5) is 0 Å². The monoisotopic (exact) mass is 170 g/mol. The normalized spacial score (nSPS) is 31.8. The molecule has 0 aromatic heterocycles. The van der Waals surface area contributed by atoms with E-state index >= 15 is 0 Å². The molecular weight excluding hydrogens is 152 g/mol. The number of rotatable bonds is 2. The van der Waals surface area contributed by atoms with Crippen LogP contribution < -0.4 is 5.73 Å². The van der Waals surface area contributed by atoms with Crippen LogP contribution in [0.3, 0.4) is 0 Å². The molecule has 0 aromatic carbocycles. The summed E-state index contributed by atoms with van der Waals surface area (Å²) in [6.45, 7) is 6.41. The van der Waals surface area contributed by atoms with Crippen LogP contribution in [0.2, 0.25) is 0 Å². The maximum absolute atomic E-state index is 10.9. The van der Waals surface area contributed by atoms with Gasteiger partial charge in [0.2, 0.25) is 5.91 Å². The van der Waals surface area contributed by atoms with Crippen molar-refractivity contribution in [3.63, 3.8) is 0 Å². The van der Waals surface area contributed by atoms with Gasteiger partial charge in [-0.25, -0.2) is 0 Å². The van der Waals surface area contributed by atoms with Crippen molar-refractivity contribution in [3.8, 4) is 0 Å². The largest absolute Gasteiger partial charge is 0.369 e. The van der Waals surface area contributed by atoms with Gasteiger partial charge in [-0.3, -0.25) is 4.79 Å². The van der Waals surface area contributed by atoms with Crippen LogP contribution in [0.1, 0.15) is 26.7 Å². The van der Waals surface area contributed by atoms with E-state index in [1.165, 1.54) is 0 Å². The van der Waals surface area contributed by atoms with Crippen LogP contribution in [0.25, 0.3) is 0 Å². The van der Waals surface area contributed by atoms with Gasteiger partial charge in [0.15, 0.2) is 0 Å². The number of nitrogens with two attached hydrogens (primary N) is 1. The minimum atomic E-state index is -0.127. The van der Waals surface area contributed by atoms with Crippen molar-refractivity contribution in [2.45, 2.75) is 32.7 Å². The Balaban J connectivity index is 2.46. The quantitative estimate of drug-likeness (QED) is 0.659. The Morgan fingerprint density at radius 2 is 2.33 bits per heavy atom. The van der Waals surface area contributed by atoms with Crippen molar-refractivity contribution in [1.29, 1.82) is 0 Å². The molecule has 2 unspecified atom stereocenters. The average molecular weight is 170 g/mol. The fourth-order valence-electron chi connectivity index (χ4n) is 1.95.